The van der Waals surface area contributed by atoms with Crippen molar-refractivity contribution in [1.82, 2.24) is 0 Å². The summed E-state index contributed by atoms with van der Waals surface area (Å²) in [6, 6.07) is 0. The quantitative estimate of drug-likeness (QED) is 0.0337. The second-order valence-electron chi connectivity index (χ2n) is 13.2. The molecular weight excluding hydrogens is 704 g/mol. The zero-order valence-corrected chi connectivity index (χ0v) is 37.3. The van der Waals surface area contributed by atoms with E-state index < -0.39 is 11.4 Å². The van der Waals surface area contributed by atoms with Gasteiger partial charge in [-0.15, -0.1) is 0 Å². The predicted molar refractivity (Wildman–Crippen MR) is 200 cm³/mol. The Hall–Kier alpha value is 2.46. The Labute approximate surface area is 303 Å². The van der Waals surface area contributed by atoms with Crippen molar-refractivity contribution in [1.29, 1.82) is 0 Å². The molecular formula is C32H68O4P2S4Zn. The largest absolute Gasteiger partial charge is 2.00 e. The van der Waals surface area contributed by atoms with Crippen LogP contribution < -0.4 is 0 Å². The molecule has 0 aliphatic rings. The number of hydrogen-bond donors (Lipinski definition) is 0. The van der Waals surface area contributed by atoms with Crippen LogP contribution in [0.15, 0.2) is 0 Å². The van der Waals surface area contributed by atoms with E-state index in [0.717, 1.165) is 49.4 Å². The van der Waals surface area contributed by atoms with Crippen LogP contribution in [-0.4, -0.2) is 26.4 Å². The summed E-state index contributed by atoms with van der Waals surface area (Å²) in [7, 11) is 0. The Kier molecular flexibility index (Phi) is 38.2. The van der Waals surface area contributed by atoms with E-state index in [9.17, 15) is 0 Å². The molecule has 0 bridgehead atoms. The third-order valence-electron chi connectivity index (χ3n) is 6.70. The summed E-state index contributed by atoms with van der Waals surface area (Å²) in [6.07, 6.45) is 19.1. The summed E-state index contributed by atoms with van der Waals surface area (Å²) >= 11 is 21.1. The van der Waals surface area contributed by atoms with Crippen LogP contribution >= 0.6 is 11.4 Å². The van der Waals surface area contributed by atoms with Gasteiger partial charge in [-0.3, -0.25) is 0 Å². The van der Waals surface area contributed by atoms with Gasteiger partial charge in [0.05, 0.1) is 37.8 Å². The van der Waals surface area contributed by atoms with Crippen molar-refractivity contribution in [3.63, 3.8) is 0 Å². The first-order valence-corrected chi connectivity index (χ1v) is 24.2. The Balaban J connectivity index is -0.000000727. The molecule has 256 valence electrons. The molecule has 4 nitrogen and oxygen atoms in total. The van der Waals surface area contributed by atoms with Crippen LogP contribution in [0.2, 0.25) is 0 Å². The van der Waals surface area contributed by atoms with Gasteiger partial charge in [0.25, 0.3) is 0 Å². The maximum absolute atomic E-state index is 5.60. The van der Waals surface area contributed by atoms with Crippen LogP contribution in [0.3, 0.4) is 0 Å². The van der Waals surface area contributed by atoms with Gasteiger partial charge in [0, 0.05) is 0 Å². The zero-order chi connectivity index (χ0) is 32.3. The summed E-state index contributed by atoms with van der Waals surface area (Å²) in [5, 5.41) is 0. The van der Waals surface area contributed by atoms with E-state index in [1.807, 2.05) is 0 Å². The molecule has 0 spiro atoms. The van der Waals surface area contributed by atoms with Gasteiger partial charge in [0.2, 0.25) is 0 Å². The fourth-order valence-electron chi connectivity index (χ4n) is 4.11. The molecule has 0 amide bonds. The van der Waals surface area contributed by atoms with Crippen LogP contribution in [0.5, 0.6) is 0 Å². The van der Waals surface area contributed by atoms with Crippen LogP contribution in [0.1, 0.15) is 158 Å². The number of hydrogen-bond acceptors (Lipinski definition) is 8. The van der Waals surface area contributed by atoms with Crippen molar-refractivity contribution in [2.24, 2.45) is 23.7 Å². The molecule has 0 rings (SSSR count). The molecule has 0 atom stereocenters. The van der Waals surface area contributed by atoms with E-state index in [1.54, 1.807) is 0 Å². The summed E-state index contributed by atoms with van der Waals surface area (Å²) in [5.41, 5.74) is -4.82. The first kappa shape index (κ1) is 49.8. The first-order valence-electron chi connectivity index (χ1n) is 16.9. The van der Waals surface area contributed by atoms with Crippen LogP contribution in [0.4, 0.5) is 0 Å². The molecule has 0 N–H and O–H groups in total. The summed E-state index contributed by atoms with van der Waals surface area (Å²) in [4.78, 5) is 0. The van der Waals surface area contributed by atoms with Crippen LogP contribution in [0.25, 0.3) is 0 Å². The predicted octanol–water partition coefficient (Wildman–Crippen LogP) is 12.4. The maximum atomic E-state index is 5.60. The van der Waals surface area contributed by atoms with Gasteiger partial charge in [-0.2, -0.15) is 0 Å². The van der Waals surface area contributed by atoms with Crippen molar-refractivity contribution >= 4 is 59.5 Å². The molecule has 0 fully saturated rings. The van der Waals surface area contributed by atoms with Gasteiger partial charge in [-0.1, -0.05) is 156 Å². The zero-order valence-electron chi connectivity index (χ0n) is 29.3. The number of unbranched alkanes of at least 4 members (excludes halogenated alkanes) is 8. The summed E-state index contributed by atoms with van der Waals surface area (Å²) in [5.74, 6) is 3.15. The molecule has 11 heteroatoms. The van der Waals surface area contributed by atoms with E-state index in [1.165, 1.54) is 77.0 Å². The van der Waals surface area contributed by atoms with E-state index in [2.05, 4.69) is 55.4 Å². The summed E-state index contributed by atoms with van der Waals surface area (Å²) < 4.78 is 22.4. The Morgan fingerprint density at radius 1 is 0.395 bits per heavy atom. The van der Waals surface area contributed by atoms with E-state index >= 15 is 0 Å². The smallest absolute Gasteiger partial charge is 0.691 e. The fraction of sp³-hybridized carbons (Fsp3) is 1.00. The first-order chi connectivity index (χ1) is 19.7. The normalized spacial score (nSPS) is 12.2. The molecule has 0 aromatic rings. The molecule has 0 aliphatic heterocycles. The molecule has 0 aliphatic carbocycles. The molecule has 0 aromatic carbocycles. The molecule has 0 saturated heterocycles. The fourth-order valence-corrected chi connectivity index (χ4v) is 7.45. The van der Waals surface area contributed by atoms with Crippen molar-refractivity contribution in [3.05, 3.63) is 0 Å². The van der Waals surface area contributed by atoms with Crippen molar-refractivity contribution in [2.75, 3.05) is 26.4 Å². The van der Waals surface area contributed by atoms with Crippen molar-refractivity contribution in [3.8, 4) is 0 Å². The number of rotatable bonds is 28. The monoisotopic (exact) mass is 770 g/mol. The standard InChI is InChI=1S/2C16H35O2PS2.Zn/c2*1-15(2)11-7-5-9-13-17-19(20,21)18-14-10-6-8-12-16(3)4;/h2*15-16H,5-14H2,1-4H3,(H,20,21);/q;;+2/p-2. The van der Waals surface area contributed by atoms with Crippen molar-refractivity contribution in [2.45, 2.75) is 158 Å². The summed E-state index contributed by atoms with van der Waals surface area (Å²) in [6.45, 7) is 20.7. The topological polar surface area (TPSA) is 36.9 Å². The van der Waals surface area contributed by atoms with Gasteiger partial charge in [0.1, 0.15) is 0 Å². The van der Waals surface area contributed by atoms with Gasteiger partial charge >= 0.3 is 19.5 Å². The van der Waals surface area contributed by atoms with Crippen LogP contribution in [-0.2, 0) is 85.7 Å². The Morgan fingerprint density at radius 3 is 0.744 bits per heavy atom. The second kappa shape index (κ2) is 33.0. The Bertz CT molecular complexity index is 582. The van der Waals surface area contributed by atoms with Gasteiger partial charge in [-0.05, 0) is 49.4 Å². The van der Waals surface area contributed by atoms with E-state index in [-0.39, 0.29) is 19.5 Å². The molecule has 0 saturated carbocycles. The van der Waals surface area contributed by atoms with Crippen molar-refractivity contribution < 1.29 is 37.6 Å². The minimum absolute atomic E-state index is 0. The van der Waals surface area contributed by atoms with E-state index in [0.29, 0.717) is 26.4 Å². The van der Waals surface area contributed by atoms with Gasteiger partial charge in [-0.25, -0.2) is 0 Å². The average molecular weight is 772 g/mol. The SMILES string of the molecule is CC(C)CCCCCOP(=S)([S-])OCCCCCC(C)C.CC(C)CCCCCOP(=S)([S-])OCCCCCC(C)C.[Zn+2]. The molecule has 0 heterocycles. The second-order valence-corrected chi connectivity index (χ2v) is 23.2. The molecule has 0 radical (unpaired) electrons. The minimum Gasteiger partial charge on any atom is -0.691 e. The Morgan fingerprint density at radius 2 is 0.581 bits per heavy atom. The van der Waals surface area contributed by atoms with Gasteiger partial charge in [0.15, 0.2) is 0 Å². The molecule has 43 heavy (non-hydrogen) atoms. The van der Waals surface area contributed by atoms with Gasteiger partial charge < -0.3 is 42.6 Å². The maximum Gasteiger partial charge on any atom is 2.00 e. The minimum atomic E-state index is -2.41. The van der Waals surface area contributed by atoms with Crippen LogP contribution in [0, 0.1) is 23.7 Å². The molecule has 0 unspecified atom stereocenters. The van der Waals surface area contributed by atoms with E-state index in [4.69, 9.17) is 66.2 Å². The molecule has 0 aromatic heterocycles. The average Bonchev–Trinajstić information content (AvgIpc) is 2.87. The third-order valence-corrected chi connectivity index (χ3v) is 11.2. The third kappa shape index (κ3) is 44.5.